The minimum Gasteiger partial charge on any atom is -0.497 e. The number of methoxy groups -OCH3 is 1. The maximum absolute atomic E-state index is 14.2. The molecular weight excluding hydrogens is 555 g/mol. The number of urea groups is 1. The van der Waals surface area contributed by atoms with Gasteiger partial charge in [0.05, 0.1) is 42.8 Å². The van der Waals surface area contributed by atoms with Crippen LogP contribution in [0.2, 0.25) is 0 Å². The van der Waals surface area contributed by atoms with Crippen molar-refractivity contribution in [2.24, 2.45) is 5.41 Å². The smallest absolute Gasteiger partial charge is 0.416 e. The van der Waals surface area contributed by atoms with Crippen molar-refractivity contribution in [1.82, 2.24) is 14.7 Å². The number of nitrogens with zero attached hydrogens (tertiary/aromatic N) is 3. The summed E-state index contributed by atoms with van der Waals surface area (Å²) in [6.07, 6.45) is -3.99. The zero-order chi connectivity index (χ0) is 30.8. The Morgan fingerprint density at radius 2 is 1.79 bits per heavy atom. The van der Waals surface area contributed by atoms with E-state index in [4.69, 9.17) is 4.74 Å². The topological polar surface area (TPSA) is 114 Å². The minimum atomic E-state index is -4.66. The van der Waals surface area contributed by atoms with Crippen molar-refractivity contribution in [2.45, 2.75) is 50.5 Å². The van der Waals surface area contributed by atoms with Gasteiger partial charge in [0.1, 0.15) is 5.75 Å². The predicted octanol–water partition coefficient (Wildman–Crippen LogP) is 3.52. The summed E-state index contributed by atoms with van der Waals surface area (Å²) in [6, 6.07) is 7.91. The summed E-state index contributed by atoms with van der Waals surface area (Å²) in [7, 11) is 2.67. The van der Waals surface area contributed by atoms with E-state index >= 15 is 0 Å². The number of likely N-dealkylation sites (N-methyl/N-ethyl adjacent to an activating group) is 1. The third kappa shape index (κ3) is 5.80. The third-order valence-corrected chi connectivity index (χ3v) is 8.75. The Hall–Kier alpha value is -3.35. The van der Waals surface area contributed by atoms with Crippen LogP contribution in [-0.4, -0.2) is 95.1 Å². The molecule has 2 aromatic carbocycles. The number of benzene rings is 2. The first-order valence-electron chi connectivity index (χ1n) is 13.9. The molecule has 2 fully saturated rings. The van der Waals surface area contributed by atoms with E-state index in [2.05, 4.69) is 0 Å². The van der Waals surface area contributed by atoms with Gasteiger partial charge in [-0.2, -0.15) is 13.2 Å². The second-order valence-electron chi connectivity index (χ2n) is 11.1. The molecule has 2 aromatic rings. The highest BCUT2D eigenvalue weighted by Gasteiger charge is 2.56. The van der Waals surface area contributed by atoms with Gasteiger partial charge in [-0.05, 0) is 61.1 Å². The normalized spacial score (nSPS) is 20.8. The molecule has 3 N–H and O–H groups in total. The van der Waals surface area contributed by atoms with Crippen LogP contribution >= 0.6 is 0 Å². The summed E-state index contributed by atoms with van der Waals surface area (Å²) in [6.45, 7) is 1.15. The highest BCUT2D eigenvalue weighted by atomic mass is 19.4. The van der Waals surface area contributed by atoms with Gasteiger partial charge in [0.2, 0.25) is 5.91 Å². The molecule has 0 unspecified atom stereocenters. The first-order chi connectivity index (χ1) is 19.9. The second kappa shape index (κ2) is 12.5. The maximum Gasteiger partial charge on any atom is 0.416 e. The number of rotatable bonds is 9. The van der Waals surface area contributed by atoms with Crippen molar-refractivity contribution in [3.63, 3.8) is 0 Å². The lowest BCUT2D eigenvalue weighted by Crippen LogP contribution is -2.58. The van der Waals surface area contributed by atoms with E-state index in [0.717, 1.165) is 23.3 Å². The lowest BCUT2D eigenvalue weighted by atomic mass is 9.77. The number of piperazine rings is 1. The number of alkyl halides is 3. The van der Waals surface area contributed by atoms with Gasteiger partial charge in [-0.15, -0.1) is 0 Å². The maximum atomic E-state index is 14.2. The zero-order valence-corrected chi connectivity index (χ0v) is 24.0. The number of hydrogen-bond acceptors (Lipinski definition) is 6. The number of hydrogen-bond donors (Lipinski definition) is 3. The molecule has 0 bridgehead atoms. The summed E-state index contributed by atoms with van der Waals surface area (Å²) in [4.78, 5) is 32.4. The molecule has 2 aliphatic heterocycles. The van der Waals surface area contributed by atoms with Crippen molar-refractivity contribution in [2.75, 3.05) is 47.1 Å². The highest BCUT2D eigenvalue weighted by molar-refractivity contribution is 5.86. The van der Waals surface area contributed by atoms with Crippen LogP contribution < -0.4 is 4.74 Å². The molecule has 12 heteroatoms. The molecule has 4 rings (SSSR count). The largest absolute Gasteiger partial charge is 0.497 e. The van der Waals surface area contributed by atoms with Crippen LogP contribution in [0.1, 0.15) is 53.6 Å². The average molecular weight is 594 g/mol. The van der Waals surface area contributed by atoms with Crippen molar-refractivity contribution in [1.29, 1.82) is 0 Å². The van der Waals surface area contributed by atoms with Crippen molar-refractivity contribution >= 4 is 11.9 Å². The van der Waals surface area contributed by atoms with Crippen LogP contribution in [0, 0.1) is 12.3 Å². The summed E-state index contributed by atoms with van der Waals surface area (Å²) >= 11 is 0. The fraction of sp³-hybridized carbons (Fsp3) is 0.533. The molecule has 9 nitrogen and oxygen atoms in total. The van der Waals surface area contributed by atoms with Crippen LogP contribution in [0.3, 0.4) is 0 Å². The number of carbonyl (C=O) groups is 2. The molecule has 0 saturated carbocycles. The van der Waals surface area contributed by atoms with Gasteiger partial charge in [0.15, 0.2) is 0 Å². The van der Waals surface area contributed by atoms with Crippen molar-refractivity contribution < 1.29 is 42.8 Å². The lowest BCUT2D eigenvalue weighted by Gasteiger charge is -2.47. The van der Waals surface area contributed by atoms with E-state index in [-0.39, 0.29) is 56.4 Å². The number of carbonyl (C=O) groups excluding carboxylic acids is 2. The van der Waals surface area contributed by atoms with Crippen molar-refractivity contribution in [3.05, 3.63) is 64.7 Å². The highest BCUT2D eigenvalue weighted by Crippen LogP contribution is 2.49. The van der Waals surface area contributed by atoms with E-state index in [1.54, 1.807) is 9.80 Å². The average Bonchev–Trinajstić information content (AvgIpc) is 3.23. The summed E-state index contributed by atoms with van der Waals surface area (Å²) in [5.74, 6) is -0.224. The minimum absolute atomic E-state index is 0.0564. The zero-order valence-electron chi connectivity index (χ0n) is 24.0. The second-order valence-corrected chi connectivity index (χ2v) is 11.1. The molecule has 0 aliphatic carbocycles. The van der Waals surface area contributed by atoms with Gasteiger partial charge >= 0.3 is 12.2 Å². The molecular formula is C30H38F3N3O6. The Bertz CT molecular complexity index is 1280. The molecule has 2 saturated heterocycles. The van der Waals surface area contributed by atoms with Crippen LogP contribution in [0.4, 0.5) is 18.0 Å². The van der Waals surface area contributed by atoms with E-state index in [9.17, 15) is 38.1 Å². The number of amides is 3. The lowest BCUT2D eigenvalue weighted by molar-refractivity contribution is -0.140. The molecule has 0 aromatic heterocycles. The van der Waals surface area contributed by atoms with Crippen LogP contribution in [0.15, 0.2) is 42.5 Å². The van der Waals surface area contributed by atoms with E-state index in [1.807, 2.05) is 31.2 Å². The van der Waals surface area contributed by atoms with Gasteiger partial charge in [-0.3, -0.25) is 4.79 Å². The number of aliphatic hydroxyl groups excluding tert-OH is 3. The molecule has 230 valence electrons. The van der Waals surface area contributed by atoms with Crippen molar-refractivity contribution in [3.8, 4) is 5.75 Å². The van der Waals surface area contributed by atoms with Gasteiger partial charge in [-0.1, -0.05) is 24.3 Å². The predicted molar refractivity (Wildman–Crippen MR) is 148 cm³/mol. The number of halogens is 3. The van der Waals surface area contributed by atoms with Gasteiger partial charge < -0.3 is 34.8 Å². The Balaban J connectivity index is 1.74. The summed E-state index contributed by atoms with van der Waals surface area (Å²) in [5.41, 5.74) is -0.169. The fourth-order valence-corrected chi connectivity index (χ4v) is 6.53. The molecule has 0 spiro atoms. The Morgan fingerprint density at radius 1 is 1.12 bits per heavy atom. The fourth-order valence-electron chi connectivity index (χ4n) is 6.53. The van der Waals surface area contributed by atoms with E-state index in [1.165, 1.54) is 25.1 Å². The van der Waals surface area contributed by atoms with Gasteiger partial charge in [0.25, 0.3) is 0 Å². The van der Waals surface area contributed by atoms with Crippen LogP contribution in [0.25, 0.3) is 0 Å². The molecule has 42 heavy (non-hydrogen) atoms. The number of aryl methyl sites for hydroxylation is 1. The number of ether oxygens (including phenoxy) is 1. The summed E-state index contributed by atoms with van der Waals surface area (Å²) in [5, 5.41) is 29.9. The van der Waals surface area contributed by atoms with Gasteiger partial charge in [-0.25, -0.2) is 4.79 Å². The Morgan fingerprint density at radius 3 is 2.36 bits per heavy atom. The van der Waals surface area contributed by atoms with Crippen LogP contribution in [0.5, 0.6) is 5.75 Å². The molecule has 2 aliphatic rings. The molecule has 3 atom stereocenters. The monoisotopic (exact) mass is 593 g/mol. The van der Waals surface area contributed by atoms with E-state index in [0.29, 0.717) is 6.42 Å². The first kappa shape index (κ1) is 31.6. The third-order valence-electron chi connectivity index (χ3n) is 8.75. The van der Waals surface area contributed by atoms with E-state index < -0.39 is 47.9 Å². The SMILES string of the molecule is COc1cc([C@@H](CO)N(C)C(=O)N2CCN3C(=O)C(CCO)(CCO)C[C@H]3[C@@H]2c2ccccc2C)cc(C(F)(F)F)c1. The first-order valence-corrected chi connectivity index (χ1v) is 13.9. The molecule has 2 heterocycles. The quantitative estimate of drug-likeness (QED) is 0.410. The Kier molecular flexibility index (Phi) is 9.39. The standard InChI is InChI=1S/C30H38F3N3O6/c1-19-6-4-5-7-23(19)26-24-17-29(8-12-37,9-13-38)27(40)35(24)10-11-36(26)28(41)34(2)25(18-39)20-14-21(30(31,32)33)16-22(15-20)42-3/h4-7,14-16,24-26,37-39H,8-13,17-18H2,1-3H3/t24-,25+,26-/m0/s1. The Labute approximate surface area is 243 Å². The number of fused-ring (bicyclic) bond motifs is 1. The summed E-state index contributed by atoms with van der Waals surface area (Å²) < 4.78 is 46.0. The van der Waals surface area contributed by atoms with Gasteiger partial charge in [0, 0.05) is 33.4 Å². The molecule has 3 amide bonds. The number of aliphatic hydroxyl groups is 3. The molecule has 0 radical (unpaired) electrons. The van der Waals surface area contributed by atoms with Crippen LogP contribution in [-0.2, 0) is 11.0 Å².